The molecule has 0 aliphatic heterocycles. The number of halogens is 1. The molecule has 1 aromatic rings. The van der Waals surface area contributed by atoms with Crippen LogP contribution in [0, 0.1) is 0 Å². The van der Waals surface area contributed by atoms with E-state index in [9.17, 15) is 0 Å². The molecule has 0 aliphatic rings. The van der Waals surface area contributed by atoms with Gasteiger partial charge in [-0.1, -0.05) is 35.9 Å². The monoisotopic (exact) mass is 196 g/mol. The summed E-state index contributed by atoms with van der Waals surface area (Å²) in [6.07, 6.45) is 5.83. The van der Waals surface area contributed by atoms with Crippen LogP contribution in [0.1, 0.15) is 18.4 Å². The average Bonchev–Trinajstić information content (AvgIpc) is 2.15. The lowest BCUT2D eigenvalue weighted by molar-refractivity contribution is 0.290. The second-order valence-electron chi connectivity index (χ2n) is 2.82. The second kappa shape index (κ2) is 5.79. The summed E-state index contributed by atoms with van der Waals surface area (Å²) in [4.78, 5) is 0. The van der Waals surface area contributed by atoms with E-state index >= 15 is 0 Å². The molecule has 1 N–H and O–H groups in total. The molecule has 0 amide bonds. The van der Waals surface area contributed by atoms with Crippen LogP contribution in [0.4, 0.5) is 0 Å². The van der Waals surface area contributed by atoms with Gasteiger partial charge in [-0.2, -0.15) is 0 Å². The van der Waals surface area contributed by atoms with Crippen LogP contribution in [0.2, 0.25) is 5.02 Å². The van der Waals surface area contributed by atoms with Crippen molar-refractivity contribution in [2.24, 2.45) is 0 Å². The maximum absolute atomic E-state index is 8.55. The number of rotatable bonds is 4. The van der Waals surface area contributed by atoms with E-state index in [0.717, 1.165) is 23.4 Å². The fourth-order valence-electron chi connectivity index (χ4n) is 1.00. The van der Waals surface area contributed by atoms with Gasteiger partial charge in [-0.25, -0.2) is 0 Å². The van der Waals surface area contributed by atoms with Crippen LogP contribution in [0.15, 0.2) is 30.3 Å². The van der Waals surface area contributed by atoms with Gasteiger partial charge in [0, 0.05) is 11.6 Å². The Morgan fingerprint density at radius 1 is 1.23 bits per heavy atom. The van der Waals surface area contributed by atoms with Crippen LogP contribution < -0.4 is 0 Å². The summed E-state index contributed by atoms with van der Waals surface area (Å²) in [6, 6.07) is 7.68. The van der Waals surface area contributed by atoms with E-state index in [4.69, 9.17) is 16.7 Å². The third kappa shape index (κ3) is 4.11. The predicted molar refractivity (Wildman–Crippen MR) is 56.8 cm³/mol. The van der Waals surface area contributed by atoms with Gasteiger partial charge in [-0.05, 0) is 30.5 Å². The molecule has 0 saturated heterocycles. The summed E-state index contributed by atoms with van der Waals surface area (Å²) in [5.74, 6) is 0. The quantitative estimate of drug-likeness (QED) is 0.734. The van der Waals surface area contributed by atoms with Crippen molar-refractivity contribution in [3.05, 3.63) is 40.9 Å². The first-order valence-electron chi connectivity index (χ1n) is 4.36. The summed E-state index contributed by atoms with van der Waals surface area (Å²) < 4.78 is 0. The first kappa shape index (κ1) is 10.3. The van der Waals surface area contributed by atoms with Gasteiger partial charge in [0.25, 0.3) is 0 Å². The largest absolute Gasteiger partial charge is 0.396 e. The highest BCUT2D eigenvalue weighted by molar-refractivity contribution is 6.30. The minimum atomic E-state index is 0.255. The molecular formula is C11H13ClO. The van der Waals surface area contributed by atoms with Crippen LogP contribution in [0.3, 0.4) is 0 Å². The number of allylic oxidation sites excluding steroid dienone is 1. The Hall–Kier alpha value is -0.790. The second-order valence-corrected chi connectivity index (χ2v) is 3.26. The van der Waals surface area contributed by atoms with Crippen molar-refractivity contribution in [2.45, 2.75) is 12.8 Å². The lowest BCUT2D eigenvalue weighted by Gasteiger charge is -1.93. The highest BCUT2D eigenvalue weighted by atomic mass is 35.5. The number of benzene rings is 1. The van der Waals surface area contributed by atoms with E-state index in [0.29, 0.717) is 0 Å². The van der Waals surface area contributed by atoms with Crippen molar-refractivity contribution in [1.82, 2.24) is 0 Å². The van der Waals surface area contributed by atoms with Gasteiger partial charge in [0.2, 0.25) is 0 Å². The number of hydrogen-bond acceptors (Lipinski definition) is 1. The molecule has 0 aliphatic carbocycles. The Kier molecular flexibility index (Phi) is 4.58. The van der Waals surface area contributed by atoms with Crippen LogP contribution in [-0.4, -0.2) is 11.7 Å². The van der Waals surface area contributed by atoms with E-state index in [-0.39, 0.29) is 6.61 Å². The first-order chi connectivity index (χ1) is 6.33. The standard InChI is InChI=1S/C11H13ClO/c12-11-7-5-10(6-8-11)4-2-1-3-9-13/h2,4-8,13H,1,3,9H2/b4-2+. The minimum Gasteiger partial charge on any atom is -0.396 e. The van der Waals surface area contributed by atoms with Crippen molar-refractivity contribution >= 4 is 17.7 Å². The van der Waals surface area contributed by atoms with E-state index in [1.54, 1.807) is 0 Å². The highest BCUT2D eigenvalue weighted by Crippen LogP contribution is 2.10. The number of unbranched alkanes of at least 4 members (excludes halogenated alkanes) is 1. The fraction of sp³-hybridized carbons (Fsp3) is 0.273. The van der Waals surface area contributed by atoms with Crippen molar-refractivity contribution in [2.75, 3.05) is 6.61 Å². The summed E-state index contributed by atoms with van der Waals surface area (Å²) in [6.45, 7) is 0.255. The molecule has 0 bridgehead atoms. The molecule has 70 valence electrons. The number of hydrogen-bond donors (Lipinski definition) is 1. The van der Waals surface area contributed by atoms with Crippen molar-refractivity contribution in [3.63, 3.8) is 0 Å². The zero-order chi connectivity index (χ0) is 9.52. The molecule has 0 atom stereocenters. The molecule has 0 radical (unpaired) electrons. The van der Waals surface area contributed by atoms with Crippen LogP contribution in [-0.2, 0) is 0 Å². The maximum atomic E-state index is 8.55. The molecule has 1 aromatic carbocycles. The SMILES string of the molecule is OCCC/C=C/c1ccc(Cl)cc1. The summed E-state index contributed by atoms with van der Waals surface area (Å²) in [7, 11) is 0. The van der Waals surface area contributed by atoms with Crippen LogP contribution in [0.5, 0.6) is 0 Å². The molecule has 0 aromatic heterocycles. The maximum Gasteiger partial charge on any atom is 0.0433 e. The highest BCUT2D eigenvalue weighted by Gasteiger charge is 1.86. The fourth-order valence-corrected chi connectivity index (χ4v) is 1.13. The molecule has 2 heteroatoms. The Morgan fingerprint density at radius 2 is 1.92 bits per heavy atom. The molecular weight excluding hydrogens is 184 g/mol. The number of aliphatic hydroxyl groups excluding tert-OH is 1. The van der Waals surface area contributed by atoms with Crippen molar-refractivity contribution in [3.8, 4) is 0 Å². The summed E-state index contributed by atoms with van der Waals surface area (Å²) >= 11 is 5.74. The number of aliphatic hydroxyl groups is 1. The molecule has 0 heterocycles. The normalized spacial score (nSPS) is 10.9. The summed E-state index contributed by atoms with van der Waals surface area (Å²) in [5, 5.41) is 9.31. The predicted octanol–water partition coefficient (Wildman–Crippen LogP) is 3.13. The first-order valence-corrected chi connectivity index (χ1v) is 4.73. The van der Waals surface area contributed by atoms with E-state index in [2.05, 4.69) is 6.08 Å². The van der Waals surface area contributed by atoms with Gasteiger partial charge in [-0.15, -0.1) is 0 Å². The smallest absolute Gasteiger partial charge is 0.0433 e. The zero-order valence-electron chi connectivity index (χ0n) is 7.41. The van der Waals surface area contributed by atoms with Crippen molar-refractivity contribution < 1.29 is 5.11 Å². The molecule has 1 rings (SSSR count). The third-order valence-corrected chi connectivity index (χ3v) is 1.96. The van der Waals surface area contributed by atoms with Gasteiger partial charge in [0.1, 0.15) is 0 Å². The van der Waals surface area contributed by atoms with Gasteiger partial charge >= 0.3 is 0 Å². The van der Waals surface area contributed by atoms with E-state index < -0.39 is 0 Å². The van der Waals surface area contributed by atoms with Crippen LogP contribution in [0.25, 0.3) is 6.08 Å². The third-order valence-electron chi connectivity index (χ3n) is 1.71. The summed E-state index contributed by atoms with van der Waals surface area (Å²) in [5.41, 5.74) is 1.14. The molecule has 13 heavy (non-hydrogen) atoms. The van der Waals surface area contributed by atoms with E-state index in [1.807, 2.05) is 30.3 Å². The molecule has 1 nitrogen and oxygen atoms in total. The van der Waals surface area contributed by atoms with Gasteiger partial charge in [-0.3, -0.25) is 0 Å². The van der Waals surface area contributed by atoms with Gasteiger partial charge < -0.3 is 5.11 Å². The van der Waals surface area contributed by atoms with Crippen molar-refractivity contribution in [1.29, 1.82) is 0 Å². The Labute approximate surface area is 83.7 Å². The van der Waals surface area contributed by atoms with Gasteiger partial charge in [0.05, 0.1) is 0 Å². The molecule has 0 fully saturated rings. The Balaban J connectivity index is 2.44. The Morgan fingerprint density at radius 3 is 2.54 bits per heavy atom. The minimum absolute atomic E-state index is 0.255. The van der Waals surface area contributed by atoms with E-state index in [1.165, 1.54) is 0 Å². The molecule has 0 unspecified atom stereocenters. The van der Waals surface area contributed by atoms with Gasteiger partial charge in [0.15, 0.2) is 0 Å². The lowest BCUT2D eigenvalue weighted by atomic mass is 10.2. The molecule has 0 saturated carbocycles. The molecule has 0 spiro atoms. The Bertz CT molecular complexity index is 264. The zero-order valence-corrected chi connectivity index (χ0v) is 8.17. The lowest BCUT2D eigenvalue weighted by Crippen LogP contribution is -1.78. The average molecular weight is 197 g/mol. The topological polar surface area (TPSA) is 20.2 Å². The van der Waals surface area contributed by atoms with Crippen LogP contribution >= 0.6 is 11.6 Å².